The van der Waals surface area contributed by atoms with E-state index in [1.54, 1.807) is 11.8 Å². The predicted molar refractivity (Wildman–Crippen MR) is 78.0 cm³/mol. The average Bonchev–Trinajstić information content (AvgIpc) is 2.40. The van der Waals surface area contributed by atoms with Gasteiger partial charge in [-0.25, -0.2) is 0 Å². The molecular weight excluding hydrogens is 240 g/mol. The molecule has 0 aliphatic heterocycles. The summed E-state index contributed by atoms with van der Waals surface area (Å²) in [5.41, 5.74) is 3.72. The predicted octanol–water partition coefficient (Wildman–Crippen LogP) is 4.13. The van der Waals surface area contributed by atoms with Gasteiger partial charge in [0, 0.05) is 4.90 Å². The molecule has 2 aromatic rings. The summed E-state index contributed by atoms with van der Waals surface area (Å²) >= 11 is 1.75. The molecule has 94 valence electrons. The fraction of sp³-hybridized carbons (Fsp3) is 0.250. The molecule has 1 atom stereocenters. The van der Waals surface area contributed by atoms with Crippen LogP contribution in [0.1, 0.15) is 21.9 Å². The van der Waals surface area contributed by atoms with Crippen LogP contribution in [0.2, 0.25) is 0 Å². The van der Waals surface area contributed by atoms with E-state index in [0.29, 0.717) is 0 Å². The van der Waals surface area contributed by atoms with Crippen molar-refractivity contribution in [2.75, 3.05) is 6.61 Å². The van der Waals surface area contributed by atoms with E-state index in [0.717, 1.165) is 0 Å². The van der Waals surface area contributed by atoms with E-state index in [1.165, 1.54) is 21.6 Å². The second-order valence-electron chi connectivity index (χ2n) is 4.42. The van der Waals surface area contributed by atoms with Crippen molar-refractivity contribution in [1.29, 1.82) is 0 Å². The maximum atomic E-state index is 9.60. The number of benzene rings is 2. The van der Waals surface area contributed by atoms with Gasteiger partial charge in [-0.05, 0) is 30.5 Å². The first-order chi connectivity index (χ1) is 8.72. The van der Waals surface area contributed by atoms with E-state index in [1.807, 2.05) is 18.2 Å². The fourth-order valence-corrected chi connectivity index (χ4v) is 3.17. The minimum Gasteiger partial charge on any atom is -0.395 e. The zero-order chi connectivity index (χ0) is 13.0. The fourth-order valence-electron chi connectivity index (χ4n) is 2.01. The SMILES string of the molecule is Cc1cccc(C)c1SC(CO)c1ccccc1. The van der Waals surface area contributed by atoms with Crippen LogP contribution in [0.4, 0.5) is 0 Å². The topological polar surface area (TPSA) is 20.2 Å². The van der Waals surface area contributed by atoms with Gasteiger partial charge in [0.25, 0.3) is 0 Å². The third-order valence-electron chi connectivity index (χ3n) is 3.01. The monoisotopic (exact) mass is 258 g/mol. The molecule has 0 bridgehead atoms. The summed E-state index contributed by atoms with van der Waals surface area (Å²) in [5, 5.41) is 9.70. The van der Waals surface area contributed by atoms with Crippen molar-refractivity contribution >= 4 is 11.8 Å². The molecule has 18 heavy (non-hydrogen) atoms. The van der Waals surface area contributed by atoms with Crippen LogP contribution in [0.3, 0.4) is 0 Å². The zero-order valence-electron chi connectivity index (χ0n) is 10.8. The van der Waals surface area contributed by atoms with Crippen molar-refractivity contribution in [3.05, 3.63) is 65.2 Å². The summed E-state index contributed by atoms with van der Waals surface area (Å²) < 4.78 is 0. The van der Waals surface area contributed by atoms with Gasteiger partial charge >= 0.3 is 0 Å². The summed E-state index contributed by atoms with van der Waals surface area (Å²) in [6.07, 6.45) is 0. The first kappa shape index (κ1) is 13.2. The van der Waals surface area contributed by atoms with E-state index in [4.69, 9.17) is 0 Å². The Labute approximate surface area is 113 Å². The van der Waals surface area contributed by atoms with Crippen LogP contribution in [0, 0.1) is 13.8 Å². The number of aryl methyl sites for hydroxylation is 2. The molecule has 0 saturated heterocycles. The third kappa shape index (κ3) is 2.95. The molecule has 1 nitrogen and oxygen atoms in total. The smallest absolute Gasteiger partial charge is 0.0594 e. The summed E-state index contributed by atoms with van der Waals surface area (Å²) in [7, 11) is 0. The van der Waals surface area contributed by atoms with Crippen molar-refractivity contribution in [2.24, 2.45) is 0 Å². The molecule has 0 heterocycles. The normalized spacial score (nSPS) is 12.4. The molecule has 0 aliphatic rings. The Hall–Kier alpha value is -1.25. The molecule has 0 spiro atoms. The molecule has 0 radical (unpaired) electrons. The molecule has 0 fully saturated rings. The van der Waals surface area contributed by atoms with Gasteiger partial charge in [0.2, 0.25) is 0 Å². The second-order valence-corrected chi connectivity index (χ2v) is 5.63. The van der Waals surface area contributed by atoms with Gasteiger partial charge < -0.3 is 5.11 Å². The summed E-state index contributed by atoms with van der Waals surface area (Å²) in [6, 6.07) is 16.5. The maximum absolute atomic E-state index is 9.60. The Morgan fingerprint density at radius 2 is 1.56 bits per heavy atom. The lowest BCUT2D eigenvalue weighted by Gasteiger charge is -2.17. The van der Waals surface area contributed by atoms with Gasteiger partial charge in [-0.15, -0.1) is 11.8 Å². The molecule has 2 heteroatoms. The number of hydrogen-bond donors (Lipinski definition) is 1. The highest BCUT2D eigenvalue weighted by Crippen LogP contribution is 2.38. The van der Waals surface area contributed by atoms with Crippen LogP contribution in [-0.2, 0) is 0 Å². The van der Waals surface area contributed by atoms with Gasteiger partial charge in [-0.3, -0.25) is 0 Å². The van der Waals surface area contributed by atoms with Crippen LogP contribution in [0.15, 0.2) is 53.4 Å². The highest BCUT2D eigenvalue weighted by atomic mass is 32.2. The van der Waals surface area contributed by atoms with E-state index < -0.39 is 0 Å². The first-order valence-electron chi connectivity index (χ1n) is 6.11. The molecular formula is C16H18OS. The number of aliphatic hydroxyl groups is 1. The molecule has 0 amide bonds. The Balaban J connectivity index is 2.26. The number of rotatable bonds is 4. The summed E-state index contributed by atoms with van der Waals surface area (Å²) in [5.74, 6) is 0. The zero-order valence-corrected chi connectivity index (χ0v) is 11.6. The standard InChI is InChI=1S/C16H18OS/c1-12-7-6-8-13(2)16(12)18-15(11-17)14-9-4-3-5-10-14/h3-10,15,17H,11H2,1-2H3. The van der Waals surface area contributed by atoms with Crippen molar-refractivity contribution in [3.8, 4) is 0 Å². The third-order valence-corrected chi connectivity index (χ3v) is 4.59. The molecule has 2 aromatic carbocycles. The maximum Gasteiger partial charge on any atom is 0.0594 e. The molecule has 1 N–H and O–H groups in total. The highest BCUT2D eigenvalue weighted by molar-refractivity contribution is 7.99. The first-order valence-corrected chi connectivity index (χ1v) is 6.99. The van der Waals surface area contributed by atoms with Crippen LogP contribution in [0.5, 0.6) is 0 Å². The minimum absolute atomic E-state index is 0.103. The average molecular weight is 258 g/mol. The van der Waals surface area contributed by atoms with Gasteiger partial charge in [0.15, 0.2) is 0 Å². The van der Waals surface area contributed by atoms with Gasteiger partial charge in [-0.2, -0.15) is 0 Å². The van der Waals surface area contributed by atoms with Gasteiger partial charge in [0.05, 0.1) is 11.9 Å². The minimum atomic E-state index is 0.103. The second kappa shape index (κ2) is 6.07. The van der Waals surface area contributed by atoms with E-state index in [-0.39, 0.29) is 11.9 Å². The van der Waals surface area contributed by atoms with Crippen molar-refractivity contribution in [1.82, 2.24) is 0 Å². The Kier molecular flexibility index (Phi) is 4.45. The highest BCUT2D eigenvalue weighted by Gasteiger charge is 2.14. The molecule has 2 rings (SSSR count). The summed E-state index contributed by atoms with van der Waals surface area (Å²) in [6.45, 7) is 4.39. The molecule has 0 aromatic heterocycles. The molecule has 0 saturated carbocycles. The van der Waals surface area contributed by atoms with Gasteiger partial charge in [0.1, 0.15) is 0 Å². The Morgan fingerprint density at radius 1 is 0.944 bits per heavy atom. The van der Waals surface area contributed by atoms with E-state index >= 15 is 0 Å². The van der Waals surface area contributed by atoms with Crippen molar-refractivity contribution in [3.63, 3.8) is 0 Å². The van der Waals surface area contributed by atoms with Crippen LogP contribution >= 0.6 is 11.8 Å². The quantitative estimate of drug-likeness (QED) is 0.832. The lowest BCUT2D eigenvalue weighted by molar-refractivity contribution is 0.296. The Bertz CT molecular complexity index is 488. The van der Waals surface area contributed by atoms with Crippen LogP contribution in [-0.4, -0.2) is 11.7 Å². The number of aliphatic hydroxyl groups excluding tert-OH is 1. The van der Waals surface area contributed by atoms with Gasteiger partial charge in [-0.1, -0.05) is 48.5 Å². The number of hydrogen-bond acceptors (Lipinski definition) is 2. The lowest BCUT2D eigenvalue weighted by Crippen LogP contribution is -2.00. The van der Waals surface area contributed by atoms with Crippen molar-refractivity contribution in [2.45, 2.75) is 24.0 Å². The van der Waals surface area contributed by atoms with E-state index in [2.05, 4.69) is 44.2 Å². The van der Waals surface area contributed by atoms with E-state index in [9.17, 15) is 5.11 Å². The Morgan fingerprint density at radius 3 is 2.11 bits per heavy atom. The largest absolute Gasteiger partial charge is 0.395 e. The summed E-state index contributed by atoms with van der Waals surface area (Å²) in [4.78, 5) is 1.28. The lowest BCUT2D eigenvalue weighted by atomic mass is 10.1. The van der Waals surface area contributed by atoms with Crippen LogP contribution in [0.25, 0.3) is 0 Å². The van der Waals surface area contributed by atoms with Crippen LogP contribution < -0.4 is 0 Å². The van der Waals surface area contributed by atoms with Crippen molar-refractivity contribution < 1.29 is 5.11 Å². The molecule has 1 unspecified atom stereocenters. The number of thioether (sulfide) groups is 1. The molecule has 0 aliphatic carbocycles.